The van der Waals surface area contributed by atoms with Gasteiger partial charge >= 0.3 is 0 Å². The molecule has 21 heavy (non-hydrogen) atoms. The Balaban J connectivity index is 2.81. The van der Waals surface area contributed by atoms with E-state index in [9.17, 15) is 13.5 Å². The van der Waals surface area contributed by atoms with Gasteiger partial charge in [-0.15, -0.1) is 0 Å². The minimum atomic E-state index is -4.19. The quantitative estimate of drug-likeness (QED) is 0.754. The maximum atomic E-state index is 10.8. The van der Waals surface area contributed by atoms with Crippen LogP contribution in [0.3, 0.4) is 0 Å². The second-order valence-corrected chi connectivity index (χ2v) is 7.30. The normalized spacial score (nSPS) is 15.0. The Kier molecular flexibility index (Phi) is 6.19. The summed E-state index contributed by atoms with van der Waals surface area (Å²) in [5.41, 5.74) is 2.05. The molecule has 0 saturated heterocycles. The molecule has 0 saturated carbocycles. The van der Waals surface area contributed by atoms with E-state index in [1.165, 1.54) is 0 Å². The van der Waals surface area contributed by atoms with E-state index >= 15 is 0 Å². The molecule has 0 aromatic heterocycles. The molecule has 0 bridgehead atoms. The fraction of sp³-hybridized carbons (Fsp3) is 0.600. The standard InChI is InChI=1S/C15H24O5S/c1-10(2)14(8-13(16)9-21(17,18)19)20-15-7-11(3)5-6-12(15)4/h5-7,10,13-14,16H,8-9H2,1-4H3,(H,17,18,19). The minimum Gasteiger partial charge on any atom is -0.490 e. The van der Waals surface area contributed by atoms with Crippen molar-refractivity contribution in [3.63, 3.8) is 0 Å². The molecule has 0 aliphatic heterocycles. The number of aryl methyl sites for hydroxylation is 2. The smallest absolute Gasteiger partial charge is 0.267 e. The third-order valence-electron chi connectivity index (χ3n) is 3.27. The van der Waals surface area contributed by atoms with Gasteiger partial charge in [0.15, 0.2) is 0 Å². The first-order chi connectivity index (χ1) is 9.58. The molecule has 1 aromatic rings. The summed E-state index contributed by atoms with van der Waals surface area (Å²) in [6, 6.07) is 5.86. The average Bonchev–Trinajstić information content (AvgIpc) is 2.30. The SMILES string of the molecule is Cc1ccc(C)c(OC(CC(O)CS(=O)(=O)O)C(C)C)c1. The molecule has 0 fully saturated rings. The maximum Gasteiger partial charge on any atom is 0.267 e. The van der Waals surface area contributed by atoms with Crippen LogP contribution in [0.2, 0.25) is 0 Å². The van der Waals surface area contributed by atoms with Crippen molar-refractivity contribution in [1.29, 1.82) is 0 Å². The second-order valence-electron chi connectivity index (χ2n) is 5.81. The molecular formula is C15H24O5S. The summed E-state index contributed by atoms with van der Waals surface area (Å²) >= 11 is 0. The van der Waals surface area contributed by atoms with Crippen LogP contribution in [-0.2, 0) is 10.1 Å². The highest BCUT2D eigenvalue weighted by Gasteiger charge is 2.23. The molecule has 2 atom stereocenters. The Morgan fingerprint density at radius 3 is 2.38 bits per heavy atom. The van der Waals surface area contributed by atoms with E-state index in [-0.39, 0.29) is 18.4 Å². The summed E-state index contributed by atoms with van der Waals surface area (Å²) in [6.45, 7) is 7.77. The average molecular weight is 316 g/mol. The lowest BCUT2D eigenvalue weighted by atomic mass is 10.0. The molecule has 5 nitrogen and oxygen atoms in total. The zero-order chi connectivity index (χ0) is 16.2. The van der Waals surface area contributed by atoms with Gasteiger partial charge in [0.25, 0.3) is 10.1 Å². The van der Waals surface area contributed by atoms with Gasteiger partial charge in [-0.2, -0.15) is 8.42 Å². The Morgan fingerprint density at radius 1 is 1.24 bits per heavy atom. The number of aliphatic hydroxyl groups excluding tert-OH is 1. The van der Waals surface area contributed by atoms with Crippen molar-refractivity contribution < 1.29 is 22.8 Å². The van der Waals surface area contributed by atoms with E-state index in [2.05, 4.69) is 0 Å². The minimum absolute atomic E-state index is 0.0981. The van der Waals surface area contributed by atoms with Crippen molar-refractivity contribution >= 4 is 10.1 Å². The van der Waals surface area contributed by atoms with Gasteiger partial charge in [-0.3, -0.25) is 4.55 Å². The monoisotopic (exact) mass is 316 g/mol. The molecule has 0 spiro atoms. The third-order valence-corrected chi connectivity index (χ3v) is 4.08. The van der Waals surface area contributed by atoms with E-state index in [0.29, 0.717) is 0 Å². The van der Waals surface area contributed by atoms with E-state index in [0.717, 1.165) is 16.9 Å². The van der Waals surface area contributed by atoms with Gasteiger partial charge in [-0.25, -0.2) is 0 Å². The number of hydrogen-bond donors (Lipinski definition) is 2. The van der Waals surface area contributed by atoms with E-state index in [1.807, 2.05) is 45.9 Å². The van der Waals surface area contributed by atoms with Crippen molar-refractivity contribution in [3.8, 4) is 5.75 Å². The van der Waals surface area contributed by atoms with E-state index in [4.69, 9.17) is 9.29 Å². The molecule has 0 amide bonds. The Morgan fingerprint density at radius 2 is 1.86 bits per heavy atom. The second kappa shape index (κ2) is 7.24. The van der Waals surface area contributed by atoms with Crippen LogP contribution in [0.25, 0.3) is 0 Å². The van der Waals surface area contributed by atoms with Crippen LogP contribution in [0.5, 0.6) is 5.75 Å². The third kappa shape index (κ3) is 6.46. The summed E-state index contributed by atoms with van der Waals surface area (Å²) < 4.78 is 36.3. The predicted molar refractivity (Wildman–Crippen MR) is 82.2 cm³/mol. The molecule has 0 heterocycles. The topological polar surface area (TPSA) is 83.8 Å². The molecule has 2 unspecified atom stereocenters. The van der Waals surface area contributed by atoms with E-state index in [1.54, 1.807) is 0 Å². The Bertz CT molecular complexity index is 565. The number of benzene rings is 1. The molecular weight excluding hydrogens is 292 g/mol. The first kappa shape index (κ1) is 17.9. The van der Waals surface area contributed by atoms with Crippen molar-refractivity contribution in [3.05, 3.63) is 29.3 Å². The highest BCUT2D eigenvalue weighted by atomic mass is 32.2. The lowest BCUT2D eigenvalue weighted by Crippen LogP contribution is -2.32. The van der Waals surface area contributed by atoms with Crippen LogP contribution in [-0.4, -0.2) is 36.0 Å². The fourth-order valence-corrected chi connectivity index (χ4v) is 2.66. The lowest BCUT2D eigenvalue weighted by molar-refractivity contribution is 0.0785. The summed E-state index contributed by atoms with van der Waals surface area (Å²) in [7, 11) is -4.19. The molecule has 1 rings (SSSR count). The zero-order valence-electron chi connectivity index (χ0n) is 12.9. The Labute approximate surface area is 126 Å². The molecule has 0 radical (unpaired) electrons. The van der Waals surface area contributed by atoms with Crippen molar-refractivity contribution in [2.24, 2.45) is 5.92 Å². The van der Waals surface area contributed by atoms with E-state index < -0.39 is 22.0 Å². The van der Waals surface area contributed by atoms with Gasteiger partial charge in [0.05, 0.1) is 6.10 Å². The summed E-state index contributed by atoms with van der Waals surface area (Å²) in [4.78, 5) is 0. The fourth-order valence-electron chi connectivity index (χ4n) is 2.03. The van der Waals surface area contributed by atoms with Crippen LogP contribution >= 0.6 is 0 Å². The number of aliphatic hydroxyl groups is 1. The summed E-state index contributed by atoms with van der Waals surface area (Å²) in [5, 5.41) is 9.79. The summed E-state index contributed by atoms with van der Waals surface area (Å²) in [6.07, 6.45) is -1.34. The van der Waals surface area contributed by atoms with Crippen LogP contribution in [0.15, 0.2) is 18.2 Å². The number of rotatable bonds is 7. The van der Waals surface area contributed by atoms with Gasteiger partial charge in [0.1, 0.15) is 17.6 Å². The molecule has 120 valence electrons. The van der Waals surface area contributed by atoms with Crippen molar-refractivity contribution in [2.75, 3.05) is 5.75 Å². The highest BCUT2D eigenvalue weighted by molar-refractivity contribution is 7.85. The highest BCUT2D eigenvalue weighted by Crippen LogP contribution is 2.24. The summed E-state index contributed by atoms with van der Waals surface area (Å²) in [5.74, 6) is 0.153. The predicted octanol–water partition coefficient (Wildman–Crippen LogP) is 2.35. The first-order valence-corrected chi connectivity index (χ1v) is 8.56. The largest absolute Gasteiger partial charge is 0.490 e. The molecule has 6 heteroatoms. The van der Waals surface area contributed by atoms with Crippen LogP contribution < -0.4 is 4.74 Å². The maximum absolute atomic E-state index is 10.8. The van der Waals surface area contributed by atoms with Gasteiger partial charge in [-0.05, 0) is 37.0 Å². The molecule has 0 aliphatic rings. The zero-order valence-corrected chi connectivity index (χ0v) is 13.7. The van der Waals surface area contributed by atoms with Crippen molar-refractivity contribution in [2.45, 2.75) is 46.3 Å². The van der Waals surface area contributed by atoms with Gasteiger partial charge in [0, 0.05) is 6.42 Å². The number of ether oxygens (including phenoxy) is 1. The van der Waals surface area contributed by atoms with Crippen LogP contribution in [0.4, 0.5) is 0 Å². The molecule has 0 aliphatic carbocycles. The number of hydrogen-bond acceptors (Lipinski definition) is 4. The molecule has 2 N–H and O–H groups in total. The van der Waals surface area contributed by atoms with Gasteiger partial charge in [0.2, 0.25) is 0 Å². The molecule has 1 aromatic carbocycles. The van der Waals surface area contributed by atoms with Gasteiger partial charge < -0.3 is 9.84 Å². The lowest BCUT2D eigenvalue weighted by Gasteiger charge is -2.25. The van der Waals surface area contributed by atoms with Crippen LogP contribution in [0, 0.1) is 19.8 Å². The van der Waals surface area contributed by atoms with Gasteiger partial charge in [-0.1, -0.05) is 26.0 Å². The van der Waals surface area contributed by atoms with Crippen LogP contribution in [0.1, 0.15) is 31.4 Å². The Hall–Kier alpha value is -1.11. The van der Waals surface area contributed by atoms with Crippen molar-refractivity contribution in [1.82, 2.24) is 0 Å². The first-order valence-electron chi connectivity index (χ1n) is 6.95.